The zero-order valence-corrected chi connectivity index (χ0v) is 17.5. The summed E-state index contributed by atoms with van der Waals surface area (Å²) < 4.78 is 10.6. The topological polar surface area (TPSA) is 72.8 Å². The van der Waals surface area contributed by atoms with Gasteiger partial charge in [0.25, 0.3) is 0 Å². The highest BCUT2D eigenvalue weighted by Crippen LogP contribution is 2.31. The number of aryl methyl sites for hydroxylation is 1. The zero-order valence-electron chi connectivity index (χ0n) is 17.5. The van der Waals surface area contributed by atoms with Crippen molar-refractivity contribution in [2.75, 3.05) is 7.11 Å². The number of carbonyl (C=O) groups excluding carboxylic acids is 2. The molecule has 4 rings (SSSR count). The number of benzene rings is 3. The summed E-state index contributed by atoms with van der Waals surface area (Å²) in [6, 6.07) is 21.1. The van der Waals surface area contributed by atoms with E-state index in [4.69, 9.17) is 9.47 Å². The molecule has 3 aromatic rings. The fourth-order valence-corrected chi connectivity index (χ4v) is 3.88. The molecule has 0 aliphatic carbocycles. The SMILES string of the molecule is COc1ccc2cc([C@@H](C)C(=O)C3=C(O)[C@H](CCc4ccccc4)OC3=O)ccc2c1. The summed E-state index contributed by atoms with van der Waals surface area (Å²) >= 11 is 0. The number of fused-ring (bicyclic) bond motifs is 1. The van der Waals surface area contributed by atoms with E-state index < -0.39 is 23.8 Å². The Morgan fingerprint density at radius 3 is 2.52 bits per heavy atom. The summed E-state index contributed by atoms with van der Waals surface area (Å²) in [5.41, 5.74) is 1.61. The lowest BCUT2D eigenvalue weighted by molar-refractivity contribution is -0.141. The van der Waals surface area contributed by atoms with Gasteiger partial charge in [-0.25, -0.2) is 4.79 Å². The lowest BCUT2D eigenvalue weighted by Gasteiger charge is -2.12. The molecule has 0 aromatic heterocycles. The van der Waals surface area contributed by atoms with E-state index in [0.29, 0.717) is 12.8 Å². The Labute approximate surface area is 180 Å². The highest BCUT2D eigenvalue weighted by atomic mass is 16.6. The summed E-state index contributed by atoms with van der Waals surface area (Å²) in [7, 11) is 1.62. The van der Waals surface area contributed by atoms with Gasteiger partial charge in [0.05, 0.1) is 7.11 Å². The van der Waals surface area contributed by atoms with Crippen LogP contribution >= 0.6 is 0 Å². The Morgan fingerprint density at radius 2 is 1.77 bits per heavy atom. The summed E-state index contributed by atoms with van der Waals surface area (Å²) in [6.07, 6.45) is 0.265. The fourth-order valence-electron chi connectivity index (χ4n) is 3.88. The van der Waals surface area contributed by atoms with Crippen molar-refractivity contribution in [3.63, 3.8) is 0 Å². The molecule has 2 atom stereocenters. The molecule has 0 unspecified atom stereocenters. The lowest BCUT2D eigenvalue weighted by Crippen LogP contribution is -2.17. The Bertz CT molecular complexity index is 1160. The highest BCUT2D eigenvalue weighted by Gasteiger charge is 2.39. The number of ether oxygens (including phenoxy) is 2. The Balaban J connectivity index is 1.53. The van der Waals surface area contributed by atoms with Crippen molar-refractivity contribution < 1.29 is 24.2 Å². The number of ketones is 1. The second kappa shape index (κ2) is 8.64. The van der Waals surface area contributed by atoms with Crippen LogP contribution in [0.25, 0.3) is 10.8 Å². The lowest BCUT2D eigenvalue weighted by atomic mass is 9.90. The van der Waals surface area contributed by atoms with E-state index in [-0.39, 0.29) is 11.3 Å². The quantitative estimate of drug-likeness (QED) is 0.438. The van der Waals surface area contributed by atoms with Gasteiger partial charge < -0.3 is 14.6 Å². The number of Topliss-reactive ketones (excluding diaryl/α,β-unsaturated/α-hetero) is 1. The first-order chi connectivity index (χ1) is 15.0. The second-order valence-electron chi connectivity index (χ2n) is 7.74. The van der Waals surface area contributed by atoms with Gasteiger partial charge >= 0.3 is 5.97 Å². The molecule has 1 N–H and O–H groups in total. The van der Waals surface area contributed by atoms with Crippen molar-refractivity contribution in [3.8, 4) is 5.75 Å². The Kier molecular flexibility index (Phi) is 5.76. The van der Waals surface area contributed by atoms with E-state index in [2.05, 4.69) is 0 Å². The van der Waals surface area contributed by atoms with Gasteiger partial charge in [0.15, 0.2) is 17.6 Å². The van der Waals surface area contributed by atoms with Crippen molar-refractivity contribution in [3.05, 3.63) is 89.2 Å². The molecule has 1 aliphatic rings. The number of rotatable bonds is 7. The largest absolute Gasteiger partial charge is 0.507 e. The Morgan fingerprint density at radius 1 is 1.06 bits per heavy atom. The molecule has 1 aliphatic heterocycles. The smallest absolute Gasteiger partial charge is 0.346 e. The van der Waals surface area contributed by atoms with Gasteiger partial charge in [-0.3, -0.25) is 4.79 Å². The van der Waals surface area contributed by atoms with Crippen molar-refractivity contribution in [1.29, 1.82) is 0 Å². The van der Waals surface area contributed by atoms with Crippen LogP contribution in [0.15, 0.2) is 78.1 Å². The van der Waals surface area contributed by atoms with Crippen molar-refractivity contribution in [1.82, 2.24) is 0 Å². The number of cyclic esters (lactones) is 1. The number of aliphatic hydroxyl groups excluding tert-OH is 1. The van der Waals surface area contributed by atoms with Crippen LogP contribution in [0.2, 0.25) is 0 Å². The molecule has 0 fully saturated rings. The van der Waals surface area contributed by atoms with Gasteiger partial charge in [-0.1, -0.05) is 61.5 Å². The first-order valence-corrected chi connectivity index (χ1v) is 10.3. The van der Waals surface area contributed by atoms with Gasteiger partial charge in [-0.15, -0.1) is 0 Å². The first-order valence-electron chi connectivity index (χ1n) is 10.3. The van der Waals surface area contributed by atoms with Crippen molar-refractivity contribution in [2.45, 2.75) is 31.8 Å². The summed E-state index contributed by atoms with van der Waals surface area (Å²) in [4.78, 5) is 25.5. The molecule has 3 aromatic carbocycles. The van der Waals surface area contributed by atoms with Gasteiger partial charge in [0.1, 0.15) is 11.3 Å². The molecular formula is C26H24O5. The minimum atomic E-state index is -0.789. The van der Waals surface area contributed by atoms with Crippen LogP contribution in [0.1, 0.15) is 30.4 Å². The van der Waals surface area contributed by atoms with E-state index >= 15 is 0 Å². The van der Waals surface area contributed by atoms with E-state index in [0.717, 1.165) is 27.6 Å². The summed E-state index contributed by atoms with van der Waals surface area (Å²) in [5.74, 6) is -1.28. The van der Waals surface area contributed by atoms with Gasteiger partial charge in [-0.05, 0) is 46.9 Å². The molecule has 0 amide bonds. The molecule has 0 saturated carbocycles. The van der Waals surface area contributed by atoms with Crippen LogP contribution < -0.4 is 4.74 Å². The molecule has 0 spiro atoms. The number of carbonyl (C=O) groups is 2. The maximum absolute atomic E-state index is 13.1. The molecule has 158 valence electrons. The van der Waals surface area contributed by atoms with Crippen LogP contribution in [0, 0.1) is 0 Å². The van der Waals surface area contributed by atoms with E-state index in [1.807, 2.05) is 66.7 Å². The van der Waals surface area contributed by atoms with Gasteiger partial charge in [0.2, 0.25) is 0 Å². The number of hydrogen-bond acceptors (Lipinski definition) is 5. The minimum Gasteiger partial charge on any atom is -0.507 e. The second-order valence-corrected chi connectivity index (χ2v) is 7.74. The molecule has 0 radical (unpaired) electrons. The molecule has 0 bridgehead atoms. The van der Waals surface area contributed by atoms with Crippen molar-refractivity contribution in [2.24, 2.45) is 0 Å². The van der Waals surface area contributed by atoms with Crippen LogP contribution in [-0.4, -0.2) is 30.1 Å². The third-order valence-corrected chi connectivity index (χ3v) is 5.76. The van der Waals surface area contributed by atoms with Crippen molar-refractivity contribution >= 4 is 22.5 Å². The molecule has 5 nitrogen and oxygen atoms in total. The maximum Gasteiger partial charge on any atom is 0.346 e. The summed E-state index contributed by atoms with van der Waals surface area (Å²) in [5, 5.41) is 12.5. The predicted molar refractivity (Wildman–Crippen MR) is 118 cm³/mol. The molecule has 31 heavy (non-hydrogen) atoms. The number of hydrogen-bond donors (Lipinski definition) is 1. The normalized spacial score (nSPS) is 17.0. The molecule has 5 heteroatoms. The molecule has 0 saturated heterocycles. The fraction of sp³-hybridized carbons (Fsp3) is 0.231. The predicted octanol–water partition coefficient (Wildman–Crippen LogP) is 4.89. The standard InChI is InChI=1S/C26H24O5/c1-16(18-9-10-20-15-21(30-2)12-11-19(20)14-18)24(27)23-25(28)22(31-26(23)29)13-8-17-6-4-3-5-7-17/h3-7,9-12,14-16,22,28H,8,13H2,1-2H3/t16-,22+/m1/s1. The average Bonchev–Trinajstić information content (AvgIpc) is 3.09. The third-order valence-electron chi connectivity index (χ3n) is 5.76. The average molecular weight is 416 g/mol. The van der Waals surface area contributed by atoms with Crippen LogP contribution in [0.3, 0.4) is 0 Å². The monoisotopic (exact) mass is 416 g/mol. The zero-order chi connectivity index (χ0) is 22.0. The molecular weight excluding hydrogens is 392 g/mol. The number of esters is 1. The third kappa shape index (κ3) is 4.17. The highest BCUT2D eigenvalue weighted by molar-refractivity contribution is 6.21. The first kappa shape index (κ1) is 20.7. The van der Waals surface area contributed by atoms with Crippen LogP contribution in [0.4, 0.5) is 0 Å². The molecule has 1 heterocycles. The van der Waals surface area contributed by atoms with Crippen LogP contribution in [-0.2, 0) is 20.7 Å². The number of aliphatic hydroxyl groups is 1. The van der Waals surface area contributed by atoms with Crippen LogP contribution in [0.5, 0.6) is 5.75 Å². The summed E-state index contributed by atoms with van der Waals surface area (Å²) in [6.45, 7) is 1.73. The van der Waals surface area contributed by atoms with Gasteiger partial charge in [0, 0.05) is 5.92 Å². The van der Waals surface area contributed by atoms with Gasteiger partial charge in [-0.2, -0.15) is 0 Å². The van der Waals surface area contributed by atoms with E-state index in [9.17, 15) is 14.7 Å². The minimum absolute atomic E-state index is 0.236. The van der Waals surface area contributed by atoms with E-state index in [1.165, 1.54) is 0 Å². The van der Waals surface area contributed by atoms with E-state index in [1.54, 1.807) is 14.0 Å². The number of methoxy groups -OCH3 is 1. The Hall–Kier alpha value is -3.60. The maximum atomic E-state index is 13.1.